The van der Waals surface area contributed by atoms with E-state index < -0.39 is 0 Å². The van der Waals surface area contributed by atoms with E-state index in [1.165, 1.54) is 126 Å². The van der Waals surface area contributed by atoms with Gasteiger partial charge in [-0.1, -0.05) is 158 Å². The number of nitrogens with zero attached hydrogens (tertiary/aromatic N) is 3. The van der Waals surface area contributed by atoms with E-state index in [1.54, 1.807) is 0 Å². The summed E-state index contributed by atoms with van der Waals surface area (Å²) < 4.78 is 5.30. The van der Waals surface area contributed by atoms with E-state index in [4.69, 9.17) is 0 Å². The molecule has 0 spiro atoms. The highest BCUT2D eigenvalue weighted by atomic mass is 15.2. The third kappa shape index (κ3) is 3.97. The van der Waals surface area contributed by atoms with Gasteiger partial charge in [-0.15, -0.1) is 0 Å². The molecule has 0 saturated carbocycles. The molecule has 0 atom stereocenters. The molecule has 2 aliphatic heterocycles. The molecule has 2 aromatic heterocycles. The molecule has 0 radical (unpaired) electrons. The standard InChI is InChI=1S/C60H34BN3/c1-3-18-38(19-4-1)62(39-20-5-2-6-21-39)40-33-51-58-52(34-40)64-50-30-29-35-15-7-9-22-41(35)54(50)56-42-23-10-8-16-36(42)31-47(59(56)64)61(58)48-32-37-17-13-26-45-43-24-11-12-25-44(43)46-27-14-28-49-55(46)57(53(37)45)60(48)63(49)51/h1-34H. The molecule has 0 N–H and O–H groups in total. The van der Waals surface area contributed by atoms with Crippen LogP contribution in [0.4, 0.5) is 17.1 Å². The van der Waals surface area contributed by atoms with Crippen molar-refractivity contribution in [1.29, 1.82) is 0 Å². The van der Waals surface area contributed by atoms with Crippen LogP contribution in [0.1, 0.15) is 0 Å². The second kappa shape index (κ2) is 11.8. The molecule has 1 aliphatic carbocycles. The van der Waals surface area contributed by atoms with Crippen LogP contribution < -0.4 is 21.3 Å². The fourth-order valence-corrected chi connectivity index (χ4v) is 12.6. The van der Waals surface area contributed by atoms with Crippen LogP contribution in [-0.4, -0.2) is 15.8 Å². The average molecular weight is 808 g/mol. The predicted molar refractivity (Wildman–Crippen MR) is 271 cm³/mol. The smallest absolute Gasteiger partial charge is 0.252 e. The van der Waals surface area contributed by atoms with E-state index in [0.29, 0.717) is 0 Å². The lowest BCUT2D eigenvalue weighted by molar-refractivity contribution is 1.13. The summed E-state index contributed by atoms with van der Waals surface area (Å²) in [6, 6.07) is 77.6. The van der Waals surface area contributed by atoms with Crippen LogP contribution >= 0.6 is 0 Å². The van der Waals surface area contributed by atoms with E-state index in [2.05, 4.69) is 220 Å². The summed E-state index contributed by atoms with van der Waals surface area (Å²) in [4.78, 5) is 2.45. The van der Waals surface area contributed by atoms with Crippen molar-refractivity contribution in [1.82, 2.24) is 9.13 Å². The maximum Gasteiger partial charge on any atom is 0.252 e. The Balaban J connectivity index is 1.17. The van der Waals surface area contributed by atoms with E-state index >= 15 is 0 Å². The first kappa shape index (κ1) is 33.3. The van der Waals surface area contributed by atoms with E-state index in [0.717, 1.165) is 17.1 Å². The minimum absolute atomic E-state index is 0.0184. The first-order valence-electron chi connectivity index (χ1n) is 22.4. The fraction of sp³-hybridized carbons (Fsp3) is 0. The number of para-hydroxylation sites is 2. The normalized spacial score (nSPS) is 13.0. The molecule has 0 fully saturated rings. The van der Waals surface area contributed by atoms with Crippen molar-refractivity contribution >= 4 is 116 Å². The molecule has 3 nitrogen and oxygen atoms in total. The molecule has 0 unspecified atom stereocenters. The van der Waals surface area contributed by atoms with E-state index in [9.17, 15) is 0 Å². The van der Waals surface area contributed by atoms with Crippen molar-refractivity contribution in [2.75, 3.05) is 4.90 Å². The maximum atomic E-state index is 2.66. The van der Waals surface area contributed by atoms with Gasteiger partial charge in [-0.05, 0) is 119 Å². The molecule has 292 valence electrons. The van der Waals surface area contributed by atoms with Crippen LogP contribution in [0.5, 0.6) is 0 Å². The number of benzene rings is 11. The monoisotopic (exact) mass is 807 g/mol. The van der Waals surface area contributed by atoms with Gasteiger partial charge in [-0.25, -0.2) is 0 Å². The summed E-state index contributed by atoms with van der Waals surface area (Å²) in [6.45, 7) is -0.0184. The van der Waals surface area contributed by atoms with E-state index in [-0.39, 0.29) is 6.71 Å². The summed E-state index contributed by atoms with van der Waals surface area (Å²) in [5, 5.41) is 13.1. The van der Waals surface area contributed by atoms with Crippen molar-refractivity contribution in [2.45, 2.75) is 0 Å². The molecule has 4 heteroatoms. The highest BCUT2D eigenvalue weighted by Crippen LogP contribution is 2.51. The Morgan fingerprint density at radius 1 is 0.328 bits per heavy atom. The second-order valence-corrected chi connectivity index (χ2v) is 17.9. The molecular formula is C60H34BN3. The Kier molecular flexibility index (Phi) is 6.12. The third-order valence-corrected chi connectivity index (χ3v) is 14.9. The van der Waals surface area contributed by atoms with E-state index in [1.807, 2.05) is 0 Å². The summed E-state index contributed by atoms with van der Waals surface area (Å²) in [6.07, 6.45) is 0. The first-order valence-corrected chi connectivity index (χ1v) is 22.4. The molecule has 13 aromatic rings. The fourth-order valence-electron chi connectivity index (χ4n) is 12.6. The summed E-state index contributed by atoms with van der Waals surface area (Å²) in [7, 11) is 0. The van der Waals surface area contributed by atoms with Gasteiger partial charge < -0.3 is 14.0 Å². The van der Waals surface area contributed by atoms with Crippen LogP contribution in [0.25, 0.3) is 110 Å². The van der Waals surface area contributed by atoms with Gasteiger partial charge >= 0.3 is 0 Å². The van der Waals surface area contributed by atoms with Gasteiger partial charge in [0, 0.05) is 44.3 Å². The zero-order chi connectivity index (χ0) is 41.4. The number of aromatic nitrogens is 2. The molecule has 16 rings (SSSR count). The van der Waals surface area contributed by atoms with Crippen LogP contribution in [-0.2, 0) is 0 Å². The number of hydrogen-bond donors (Lipinski definition) is 0. The Morgan fingerprint density at radius 3 is 1.55 bits per heavy atom. The van der Waals surface area contributed by atoms with Gasteiger partial charge in [0.25, 0.3) is 6.71 Å². The second-order valence-electron chi connectivity index (χ2n) is 17.9. The first-order chi connectivity index (χ1) is 31.8. The zero-order valence-corrected chi connectivity index (χ0v) is 34.5. The minimum atomic E-state index is -0.0184. The average Bonchev–Trinajstić information content (AvgIpc) is 3.86. The Morgan fingerprint density at radius 2 is 0.844 bits per heavy atom. The Bertz CT molecular complexity index is 4220. The van der Waals surface area contributed by atoms with Crippen molar-refractivity contribution < 1.29 is 0 Å². The van der Waals surface area contributed by atoms with Gasteiger partial charge in [0.15, 0.2) is 0 Å². The molecule has 3 aliphatic rings. The zero-order valence-electron chi connectivity index (χ0n) is 34.5. The number of hydrogen-bond acceptors (Lipinski definition) is 1. The molecule has 64 heavy (non-hydrogen) atoms. The lowest BCUT2D eigenvalue weighted by atomic mass is 9.34. The Hall–Kier alpha value is -8.34. The molecule has 0 saturated heterocycles. The third-order valence-electron chi connectivity index (χ3n) is 14.9. The largest absolute Gasteiger partial charge is 0.310 e. The highest BCUT2D eigenvalue weighted by Gasteiger charge is 2.43. The van der Waals surface area contributed by atoms with Gasteiger partial charge in [0.05, 0.1) is 27.8 Å². The number of rotatable bonds is 3. The van der Waals surface area contributed by atoms with Crippen LogP contribution in [0.15, 0.2) is 206 Å². The number of anilines is 3. The predicted octanol–water partition coefficient (Wildman–Crippen LogP) is 13.6. The molecule has 0 amide bonds. The van der Waals surface area contributed by atoms with Crippen molar-refractivity contribution in [3.05, 3.63) is 206 Å². The SMILES string of the molecule is c1ccc(N(c2ccccc2)c2cc3c4c(c2)-n2c5ccc6ccccc6c5c5c6ccccc6cc(c52)B4c2cc4cccc5c4c4c6c(cccc6n-3c24)-c2ccccc2-5)cc1. The van der Waals surface area contributed by atoms with Crippen LogP contribution in [0, 0.1) is 0 Å². The van der Waals surface area contributed by atoms with Crippen molar-refractivity contribution in [2.24, 2.45) is 0 Å². The number of fused-ring (bicyclic) bond motifs is 15. The quantitative estimate of drug-likeness (QED) is 0.162. The Labute approximate surface area is 368 Å². The van der Waals surface area contributed by atoms with Crippen LogP contribution in [0.3, 0.4) is 0 Å². The molecule has 11 aromatic carbocycles. The van der Waals surface area contributed by atoms with Crippen LogP contribution in [0.2, 0.25) is 0 Å². The lowest BCUT2D eigenvalue weighted by Gasteiger charge is -2.36. The van der Waals surface area contributed by atoms with Crippen molar-refractivity contribution in [3.63, 3.8) is 0 Å². The van der Waals surface area contributed by atoms with Gasteiger partial charge in [-0.3, -0.25) is 0 Å². The molecule has 4 heterocycles. The summed E-state index contributed by atoms with van der Waals surface area (Å²) in [5.41, 5.74) is 20.2. The molecular weight excluding hydrogens is 773 g/mol. The summed E-state index contributed by atoms with van der Waals surface area (Å²) >= 11 is 0. The maximum absolute atomic E-state index is 2.66. The highest BCUT2D eigenvalue weighted by molar-refractivity contribution is 7.00. The molecule has 0 bridgehead atoms. The topological polar surface area (TPSA) is 13.1 Å². The van der Waals surface area contributed by atoms with Gasteiger partial charge in [0.2, 0.25) is 0 Å². The summed E-state index contributed by atoms with van der Waals surface area (Å²) in [5.74, 6) is 0. The van der Waals surface area contributed by atoms with Gasteiger partial charge in [0.1, 0.15) is 0 Å². The van der Waals surface area contributed by atoms with Gasteiger partial charge in [-0.2, -0.15) is 0 Å². The lowest BCUT2D eigenvalue weighted by Crippen LogP contribution is -2.59. The van der Waals surface area contributed by atoms with Crippen molar-refractivity contribution in [3.8, 4) is 33.6 Å². The minimum Gasteiger partial charge on any atom is -0.310 e.